The van der Waals surface area contributed by atoms with Gasteiger partial charge in [-0.05, 0) is 85.9 Å². The van der Waals surface area contributed by atoms with Crippen LogP contribution in [0.5, 0.6) is 0 Å². The number of rotatable bonds is 12. The van der Waals surface area contributed by atoms with E-state index in [-0.39, 0.29) is 64.2 Å². The van der Waals surface area contributed by atoms with Gasteiger partial charge >= 0.3 is 11.9 Å². The molecule has 280 valence electrons. The lowest BCUT2D eigenvalue weighted by Crippen LogP contribution is -2.50. The van der Waals surface area contributed by atoms with Gasteiger partial charge in [0.15, 0.2) is 22.2 Å². The van der Waals surface area contributed by atoms with Crippen LogP contribution in [0.25, 0.3) is 0 Å². The SMILES string of the molecule is CC1C=CC2=CC(O[Si](C)(C)C(C)(C)C)CC(OC(=O)C(C)(C)OCc3ccccc3)C2C1CCC1CC(O[Si](C)(C)C(C)(C)C)CC(=O)O1. The van der Waals surface area contributed by atoms with Crippen LogP contribution < -0.4 is 0 Å². The molecule has 0 bridgehead atoms. The summed E-state index contributed by atoms with van der Waals surface area (Å²) in [7, 11) is -4.14. The van der Waals surface area contributed by atoms with Crippen molar-refractivity contribution in [3.63, 3.8) is 0 Å². The Hall–Kier alpha value is -2.05. The molecule has 1 aliphatic heterocycles. The van der Waals surface area contributed by atoms with Crippen molar-refractivity contribution in [2.24, 2.45) is 17.8 Å². The van der Waals surface area contributed by atoms with Crippen LogP contribution >= 0.6 is 0 Å². The van der Waals surface area contributed by atoms with E-state index in [0.29, 0.717) is 19.4 Å². The molecule has 2 aliphatic carbocycles. The Labute approximate surface area is 305 Å². The highest BCUT2D eigenvalue weighted by Gasteiger charge is 2.47. The maximum absolute atomic E-state index is 13.9. The van der Waals surface area contributed by atoms with Gasteiger partial charge in [0.1, 0.15) is 12.2 Å². The van der Waals surface area contributed by atoms with Gasteiger partial charge in [-0.2, -0.15) is 0 Å². The fourth-order valence-electron chi connectivity index (χ4n) is 6.87. The first-order valence-corrected chi connectivity index (χ1v) is 24.6. The van der Waals surface area contributed by atoms with E-state index in [0.717, 1.165) is 24.8 Å². The standard InChI is InChI=1S/C41H66O7Si2/c1-28-19-20-30-23-32(47-49(10,11)39(2,3)4)25-35(46-38(43)41(8,9)44-27-29-17-15-14-16-18-29)37(30)34(28)22-21-31-24-33(26-36(42)45-31)48-50(12,13)40(5,6)7/h14-20,23,28,31-35,37H,21-22,24-27H2,1-13H3. The van der Waals surface area contributed by atoms with Gasteiger partial charge in [0, 0.05) is 18.8 Å². The summed E-state index contributed by atoms with van der Waals surface area (Å²) in [5.41, 5.74) is 1.04. The second-order valence-corrected chi connectivity index (χ2v) is 28.1. The number of ether oxygens (including phenoxy) is 3. The van der Waals surface area contributed by atoms with Crippen LogP contribution in [-0.2, 0) is 39.3 Å². The fourth-order valence-corrected chi connectivity index (χ4v) is 9.51. The molecule has 0 radical (unpaired) electrons. The minimum atomic E-state index is -2.11. The van der Waals surface area contributed by atoms with Gasteiger partial charge in [-0.15, -0.1) is 0 Å². The molecule has 1 aromatic carbocycles. The molecule has 3 aliphatic rings. The highest BCUT2D eigenvalue weighted by atomic mass is 28.4. The second-order valence-electron chi connectivity index (χ2n) is 18.6. The highest BCUT2D eigenvalue weighted by Crippen LogP contribution is 2.47. The van der Waals surface area contributed by atoms with Crippen LogP contribution in [0.15, 0.2) is 54.1 Å². The van der Waals surface area contributed by atoms with Crippen molar-refractivity contribution in [2.45, 2.75) is 167 Å². The lowest BCUT2D eigenvalue weighted by atomic mass is 9.66. The van der Waals surface area contributed by atoms with Gasteiger partial charge in [0.05, 0.1) is 25.2 Å². The Morgan fingerprint density at radius 1 is 0.880 bits per heavy atom. The minimum absolute atomic E-state index is 0.00158. The van der Waals surface area contributed by atoms with E-state index >= 15 is 0 Å². The predicted octanol–water partition coefficient (Wildman–Crippen LogP) is 9.93. The van der Waals surface area contributed by atoms with E-state index in [2.05, 4.69) is 92.9 Å². The van der Waals surface area contributed by atoms with E-state index in [1.165, 1.54) is 5.57 Å². The number of hydrogen-bond donors (Lipinski definition) is 0. The number of benzene rings is 1. The lowest BCUT2D eigenvalue weighted by molar-refractivity contribution is -0.180. The molecular weight excluding hydrogens is 661 g/mol. The molecule has 7 unspecified atom stereocenters. The first-order chi connectivity index (χ1) is 23.0. The molecule has 50 heavy (non-hydrogen) atoms. The summed E-state index contributed by atoms with van der Waals surface area (Å²) in [5.74, 6) is -0.0704. The minimum Gasteiger partial charge on any atom is -0.462 e. The van der Waals surface area contributed by atoms with Crippen molar-refractivity contribution in [3.05, 3.63) is 59.7 Å². The monoisotopic (exact) mass is 726 g/mol. The highest BCUT2D eigenvalue weighted by molar-refractivity contribution is 6.74. The molecule has 1 fully saturated rings. The van der Waals surface area contributed by atoms with Gasteiger partial charge in [0.2, 0.25) is 0 Å². The average molecular weight is 727 g/mol. The average Bonchev–Trinajstić information content (AvgIpc) is 2.98. The maximum Gasteiger partial charge on any atom is 0.338 e. The van der Waals surface area contributed by atoms with E-state index in [9.17, 15) is 9.59 Å². The smallest absolute Gasteiger partial charge is 0.338 e. The normalized spacial score (nSPS) is 28.1. The zero-order valence-corrected chi connectivity index (χ0v) is 35.3. The van der Waals surface area contributed by atoms with E-state index in [1.807, 2.05) is 30.3 Å². The van der Waals surface area contributed by atoms with Crippen molar-refractivity contribution in [3.8, 4) is 0 Å². The molecule has 0 amide bonds. The van der Waals surface area contributed by atoms with Gasteiger partial charge in [-0.1, -0.05) is 97.0 Å². The van der Waals surface area contributed by atoms with Crippen molar-refractivity contribution in [1.29, 1.82) is 0 Å². The molecule has 0 aromatic heterocycles. The summed E-state index contributed by atoms with van der Waals surface area (Å²) >= 11 is 0. The second kappa shape index (κ2) is 15.5. The number of fused-ring (bicyclic) bond motifs is 1. The predicted molar refractivity (Wildman–Crippen MR) is 206 cm³/mol. The summed E-state index contributed by atoms with van der Waals surface area (Å²) in [6, 6.07) is 9.89. The largest absolute Gasteiger partial charge is 0.462 e. The number of allylic oxidation sites excluding steroid dienone is 2. The molecule has 7 nitrogen and oxygen atoms in total. The topological polar surface area (TPSA) is 80.3 Å². The van der Waals surface area contributed by atoms with Crippen LogP contribution in [0.3, 0.4) is 0 Å². The van der Waals surface area contributed by atoms with Crippen LogP contribution in [0, 0.1) is 17.8 Å². The molecule has 1 saturated heterocycles. The number of carbonyl (C=O) groups is 2. The first-order valence-electron chi connectivity index (χ1n) is 18.8. The molecule has 0 saturated carbocycles. The Morgan fingerprint density at radius 3 is 2.12 bits per heavy atom. The van der Waals surface area contributed by atoms with Crippen molar-refractivity contribution in [1.82, 2.24) is 0 Å². The summed E-state index contributed by atoms with van der Waals surface area (Å²) in [6.07, 6.45) is 9.16. The number of cyclic esters (lactones) is 1. The Bertz CT molecular complexity index is 1390. The molecule has 0 spiro atoms. The van der Waals surface area contributed by atoms with Crippen LogP contribution in [-0.4, -0.2) is 58.6 Å². The molecule has 1 aromatic rings. The van der Waals surface area contributed by atoms with E-state index < -0.39 is 22.2 Å². The number of carbonyl (C=O) groups excluding carboxylic acids is 2. The summed E-state index contributed by atoms with van der Waals surface area (Å²) in [4.78, 5) is 26.8. The molecule has 1 heterocycles. The van der Waals surface area contributed by atoms with Crippen LogP contribution in [0.4, 0.5) is 0 Å². The third kappa shape index (κ3) is 10.1. The Morgan fingerprint density at radius 2 is 1.50 bits per heavy atom. The van der Waals surface area contributed by atoms with E-state index in [1.54, 1.807) is 13.8 Å². The third-order valence-corrected chi connectivity index (χ3v) is 21.1. The molecule has 7 atom stereocenters. The molecule has 0 N–H and O–H groups in total. The first kappa shape index (κ1) is 40.7. The Balaban J connectivity index is 1.55. The summed E-state index contributed by atoms with van der Waals surface area (Å²) in [6.45, 7) is 28.6. The van der Waals surface area contributed by atoms with Gasteiger partial charge in [-0.3, -0.25) is 4.79 Å². The summed E-state index contributed by atoms with van der Waals surface area (Å²) in [5, 5.41) is 0.113. The Kier molecular flexibility index (Phi) is 12.6. The van der Waals surface area contributed by atoms with E-state index in [4.69, 9.17) is 23.1 Å². The quantitative estimate of drug-likeness (QED) is 0.157. The van der Waals surface area contributed by atoms with Crippen molar-refractivity contribution in [2.75, 3.05) is 0 Å². The maximum atomic E-state index is 13.9. The third-order valence-electron chi connectivity index (χ3n) is 12.1. The van der Waals surface area contributed by atoms with Crippen molar-refractivity contribution < 1.29 is 32.7 Å². The zero-order chi connectivity index (χ0) is 37.3. The van der Waals surface area contributed by atoms with Gasteiger partial charge < -0.3 is 23.1 Å². The zero-order valence-electron chi connectivity index (χ0n) is 33.3. The molecule has 9 heteroatoms. The van der Waals surface area contributed by atoms with Crippen molar-refractivity contribution >= 4 is 28.6 Å². The number of hydrogen-bond acceptors (Lipinski definition) is 7. The van der Waals surface area contributed by atoms with Crippen LogP contribution in [0.2, 0.25) is 36.3 Å². The van der Waals surface area contributed by atoms with Gasteiger partial charge in [0.25, 0.3) is 0 Å². The molecular formula is C41H66O7Si2. The van der Waals surface area contributed by atoms with Gasteiger partial charge in [-0.25, -0.2) is 4.79 Å². The molecule has 4 rings (SSSR count). The lowest BCUT2D eigenvalue weighted by Gasteiger charge is -2.46. The fraction of sp³-hybridized carbons (Fsp3) is 0.707. The summed E-state index contributed by atoms with van der Waals surface area (Å²) < 4.78 is 32.3. The number of esters is 2. The van der Waals surface area contributed by atoms with Crippen LogP contribution in [0.1, 0.15) is 100.0 Å².